The van der Waals surface area contributed by atoms with Gasteiger partial charge in [-0.15, -0.1) is 0 Å². The van der Waals surface area contributed by atoms with Gasteiger partial charge >= 0.3 is 0 Å². The van der Waals surface area contributed by atoms with Gasteiger partial charge in [-0.05, 0) is 61.2 Å². The molecule has 0 saturated carbocycles. The van der Waals surface area contributed by atoms with Crippen molar-refractivity contribution in [2.75, 3.05) is 17.4 Å². The van der Waals surface area contributed by atoms with Gasteiger partial charge in [-0.2, -0.15) is 0 Å². The summed E-state index contributed by atoms with van der Waals surface area (Å²) >= 11 is 0. The number of rotatable bonds is 7. The van der Waals surface area contributed by atoms with E-state index < -0.39 is 16.1 Å². The quantitative estimate of drug-likeness (QED) is 0.747. The number of benzene rings is 2. The SMILES string of the molecule is CC[C@@H](C(=O)NCc1ccc2c(c1)OCO2)N(c1cc(C)cc(C)c1)S(C)(=O)=O. The highest BCUT2D eigenvalue weighted by Gasteiger charge is 2.31. The maximum absolute atomic E-state index is 12.9. The van der Waals surface area contributed by atoms with Gasteiger partial charge in [0.15, 0.2) is 11.5 Å². The number of nitrogens with one attached hydrogen (secondary N) is 1. The summed E-state index contributed by atoms with van der Waals surface area (Å²) in [6, 6.07) is 10.1. The van der Waals surface area contributed by atoms with Crippen LogP contribution in [0.4, 0.5) is 5.69 Å². The van der Waals surface area contributed by atoms with Gasteiger partial charge in [0.1, 0.15) is 6.04 Å². The molecule has 0 unspecified atom stereocenters. The molecule has 0 aliphatic carbocycles. The Bertz CT molecular complexity index is 999. The van der Waals surface area contributed by atoms with Crippen molar-refractivity contribution >= 4 is 21.6 Å². The van der Waals surface area contributed by atoms with Gasteiger partial charge < -0.3 is 14.8 Å². The van der Waals surface area contributed by atoms with Crippen LogP contribution in [-0.2, 0) is 21.4 Å². The number of aryl methyl sites for hydroxylation is 2. The van der Waals surface area contributed by atoms with Crippen molar-refractivity contribution in [3.05, 3.63) is 53.1 Å². The number of ether oxygens (including phenoxy) is 2. The minimum absolute atomic E-state index is 0.183. The topological polar surface area (TPSA) is 84.9 Å². The predicted molar refractivity (Wildman–Crippen MR) is 112 cm³/mol. The van der Waals surface area contributed by atoms with Crippen LogP contribution in [0.2, 0.25) is 0 Å². The number of fused-ring (bicyclic) bond motifs is 1. The van der Waals surface area contributed by atoms with Crippen molar-refractivity contribution < 1.29 is 22.7 Å². The van der Waals surface area contributed by atoms with Crippen molar-refractivity contribution in [1.82, 2.24) is 5.32 Å². The van der Waals surface area contributed by atoms with E-state index in [1.54, 1.807) is 25.1 Å². The summed E-state index contributed by atoms with van der Waals surface area (Å²) in [4.78, 5) is 12.9. The van der Waals surface area contributed by atoms with Gasteiger partial charge in [0.2, 0.25) is 22.7 Å². The number of nitrogens with zero attached hydrogens (tertiary/aromatic N) is 1. The monoisotopic (exact) mass is 418 g/mol. The Morgan fingerprint density at radius 2 is 1.76 bits per heavy atom. The lowest BCUT2D eigenvalue weighted by atomic mass is 10.1. The van der Waals surface area contributed by atoms with E-state index in [1.807, 2.05) is 32.0 Å². The lowest BCUT2D eigenvalue weighted by Gasteiger charge is -2.30. The zero-order valence-corrected chi connectivity index (χ0v) is 17.9. The Kier molecular flexibility index (Phi) is 6.02. The summed E-state index contributed by atoms with van der Waals surface area (Å²) in [5.74, 6) is 0.955. The maximum atomic E-state index is 12.9. The molecule has 7 nitrogen and oxygen atoms in total. The number of amides is 1. The van der Waals surface area contributed by atoms with E-state index in [0.29, 0.717) is 23.6 Å². The fourth-order valence-electron chi connectivity index (χ4n) is 3.50. The molecule has 0 fully saturated rings. The molecule has 2 aromatic rings. The van der Waals surface area contributed by atoms with Gasteiger partial charge in [0.05, 0.1) is 11.9 Å². The van der Waals surface area contributed by atoms with Gasteiger partial charge in [-0.25, -0.2) is 8.42 Å². The van der Waals surface area contributed by atoms with Gasteiger partial charge in [-0.3, -0.25) is 9.10 Å². The van der Waals surface area contributed by atoms with Crippen LogP contribution in [0.15, 0.2) is 36.4 Å². The molecule has 0 aromatic heterocycles. The minimum atomic E-state index is -3.66. The number of carbonyl (C=O) groups is 1. The second-order valence-corrected chi connectivity index (χ2v) is 9.09. The number of anilines is 1. The Morgan fingerprint density at radius 1 is 1.10 bits per heavy atom. The van der Waals surface area contributed by atoms with Crippen molar-refractivity contribution in [2.45, 2.75) is 39.8 Å². The second kappa shape index (κ2) is 8.32. The molecule has 29 heavy (non-hydrogen) atoms. The van der Waals surface area contributed by atoms with Crippen molar-refractivity contribution in [3.8, 4) is 11.5 Å². The average Bonchev–Trinajstić information content (AvgIpc) is 3.09. The van der Waals surface area contributed by atoms with Gasteiger partial charge in [-0.1, -0.05) is 19.1 Å². The lowest BCUT2D eigenvalue weighted by Crippen LogP contribution is -2.49. The van der Waals surface area contributed by atoms with Crippen LogP contribution in [0.5, 0.6) is 11.5 Å². The lowest BCUT2D eigenvalue weighted by molar-refractivity contribution is -0.122. The molecule has 8 heteroatoms. The summed E-state index contributed by atoms with van der Waals surface area (Å²) in [5.41, 5.74) is 3.21. The molecular formula is C21H26N2O5S. The summed E-state index contributed by atoms with van der Waals surface area (Å²) in [5, 5.41) is 2.85. The first-order chi connectivity index (χ1) is 13.7. The van der Waals surface area contributed by atoms with Crippen LogP contribution in [0.1, 0.15) is 30.0 Å². The molecule has 3 rings (SSSR count). The average molecular weight is 419 g/mol. The normalized spacial score (nSPS) is 13.8. The Balaban J connectivity index is 1.81. The van der Waals surface area contributed by atoms with Crippen LogP contribution in [0.25, 0.3) is 0 Å². The molecule has 1 aliphatic heterocycles. The highest BCUT2D eigenvalue weighted by molar-refractivity contribution is 7.92. The first kappa shape index (κ1) is 21.0. The van der Waals surface area contributed by atoms with Gasteiger partial charge in [0.25, 0.3) is 0 Å². The molecule has 0 radical (unpaired) electrons. The van der Waals surface area contributed by atoms with E-state index in [1.165, 1.54) is 4.31 Å². The zero-order valence-electron chi connectivity index (χ0n) is 17.1. The summed E-state index contributed by atoms with van der Waals surface area (Å²) in [6.07, 6.45) is 1.46. The minimum Gasteiger partial charge on any atom is -0.454 e. The first-order valence-corrected chi connectivity index (χ1v) is 11.3. The number of hydrogen-bond donors (Lipinski definition) is 1. The number of hydrogen-bond acceptors (Lipinski definition) is 5. The fraction of sp³-hybridized carbons (Fsp3) is 0.381. The predicted octanol–water partition coefficient (Wildman–Crippen LogP) is 2.89. The summed E-state index contributed by atoms with van der Waals surface area (Å²) in [7, 11) is -3.66. The van der Waals surface area contributed by atoms with E-state index in [2.05, 4.69) is 5.32 Å². The number of carbonyl (C=O) groups excluding carboxylic acids is 1. The molecule has 0 bridgehead atoms. The van der Waals surface area contributed by atoms with Crippen LogP contribution < -0.4 is 19.1 Å². The molecule has 1 atom stereocenters. The van der Waals surface area contributed by atoms with Crippen LogP contribution in [0.3, 0.4) is 0 Å². The summed E-state index contributed by atoms with van der Waals surface area (Å²) < 4.78 is 37.0. The van der Waals surface area contributed by atoms with Crippen molar-refractivity contribution in [3.63, 3.8) is 0 Å². The maximum Gasteiger partial charge on any atom is 0.244 e. The zero-order chi connectivity index (χ0) is 21.2. The molecule has 1 aliphatic rings. The van der Waals surface area contributed by atoms with E-state index in [9.17, 15) is 13.2 Å². The highest BCUT2D eigenvalue weighted by Crippen LogP contribution is 2.32. The molecule has 156 valence electrons. The largest absolute Gasteiger partial charge is 0.454 e. The van der Waals surface area contributed by atoms with Crippen LogP contribution in [0, 0.1) is 13.8 Å². The smallest absolute Gasteiger partial charge is 0.244 e. The van der Waals surface area contributed by atoms with Crippen molar-refractivity contribution in [2.24, 2.45) is 0 Å². The van der Waals surface area contributed by atoms with Gasteiger partial charge in [0, 0.05) is 6.54 Å². The van der Waals surface area contributed by atoms with Crippen molar-refractivity contribution in [1.29, 1.82) is 0 Å². The van der Waals surface area contributed by atoms with Crippen LogP contribution in [-0.4, -0.2) is 33.4 Å². The fourth-order valence-corrected chi connectivity index (χ4v) is 4.69. The summed E-state index contributed by atoms with van der Waals surface area (Å²) in [6.45, 7) is 6.04. The van der Waals surface area contributed by atoms with E-state index in [4.69, 9.17) is 9.47 Å². The van der Waals surface area contributed by atoms with E-state index >= 15 is 0 Å². The molecule has 0 spiro atoms. The molecule has 1 amide bonds. The first-order valence-electron chi connectivity index (χ1n) is 9.43. The number of sulfonamides is 1. The van der Waals surface area contributed by atoms with Crippen LogP contribution >= 0.6 is 0 Å². The molecule has 1 heterocycles. The molecule has 0 saturated heterocycles. The molecule has 2 aromatic carbocycles. The van der Waals surface area contributed by atoms with E-state index in [-0.39, 0.29) is 19.2 Å². The highest BCUT2D eigenvalue weighted by atomic mass is 32.2. The Hall–Kier alpha value is -2.74. The third kappa shape index (κ3) is 4.82. The third-order valence-electron chi connectivity index (χ3n) is 4.69. The Morgan fingerprint density at radius 3 is 2.38 bits per heavy atom. The molecule has 1 N–H and O–H groups in total. The van der Waals surface area contributed by atoms with E-state index in [0.717, 1.165) is 22.9 Å². The Labute approximate surface area is 171 Å². The standard InChI is InChI=1S/C21H26N2O5S/c1-5-18(23(29(4,25)26)17-9-14(2)8-15(3)10-17)21(24)22-12-16-6-7-19-20(11-16)28-13-27-19/h6-11,18H,5,12-13H2,1-4H3,(H,22,24)/t18-/m0/s1. The molecular weight excluding hydrogens is 392 g/mol. The third-order valence-corrected chi connectivity index (χ3v) is 5.87. The second-order valence-electron chi connectivity index (χ2n) is 7.23.